The Labute approximate surface area is 77.9 Å². The number of nitrogens with two attached hydrogens (primary N) is 1. The fraction of sp³-hybridized carbons (Fsp3) is 0.444. The fourth-order valence-corrected chi connectivity index (χ4v) is 0.921. The SMILES string of the molecule is CCCC(N)=Nc1cnc(C)nc1. The van der Waals surface area contributed by atoms with Crippen LogP contribution in [0.3, 0.4) is 0 Å². The highest BCUT2D eigenvalue weighted by molar-refractivity contribution is 5.82. The molecule has 0 unspecified atom stereocenters. The lowest BCUT2D eigenvalue weighted by Crippen LogP contribution is -2.09. The number of nitrogens with zero attached hydrogens (tertiary/aromatic N) is 3. The lowest BCUT2D eigenvalue weighted by atomic mass is 10.3. The first kappa shape index (κ1) is 9.64. The predicted octanol–water partition coefficient (Wildman–Crippen LogP) is 1.57. The minimum absolute atomic E-state index is 0.634. The van der Waals surface area contributed by atoms with E-state index in [-0.39, 0.29) is 0 Å². The summed E-state index contributed by atoms with van der Waals surface area (Å²) in [5.74, 6) is 1.38. The van der Waals surface area contributed by atoms with Crippen LogP contribution in [0.4, 0.5) is 5.69 Å². The minimum Gasteiger partial charge on any atom is -0.387 e. The van der Waals surface area contributed by atoms with Crippen LogP contribution >= 0.6 is 0 Å². The van der Waals surface area contributed by atoms with Gasteiger partial charge in [-0.05, 0) is 13.3 Å². The van der Waals surface area contributed by atoms with Crippen LogP contribution in [0.5, 0.6) is 0 Å². The molecule has 70 valence electrons. The normalized spacial score (nSPS) is 11.7. The average Bonchev–Trinajstić information content (AvgIpc) is 2.09. The highest BCUT2D eigenvalue weighted by atomic mass is 14.9. The number of aryl methyl sites for hydroxylation is 1. The van der Waals surface area contributed by atoms with Crippen molar-refractivity contribution < 1.29 is 0 Å². The maximum absolute atomic E-state index is 5.65. The molecule has 0 aromatic carbocycles. The molecule has 0 aliphatic carbocycles. The van der Waals surface area contributed by atoms with Gasteiger partial charge in [-0.15, -0.1) is 0 Å². The Hall–Kier alpha value is -1.45. The van der Waals surface area contributed by atoms with Gasteiger partial charge < -0.3 is 5.73 Å². The van der Waals surface area contributed by atoms with E-state index in [0.29, 0.717) is 5.84 Å². The zero-order valence-corrected chi connectivity index (χ0v) is 7.99. The zero-order chi connectivity index (χ0) is 9.68. The summed E-state index contributed by atoms with van der Waals surface area (Å²) in [5, 5.41) is 0. The molecule has 0 fully saturated rings. The van der Waals surface area contributed by atoms with Crippen LogP contribution in [-0.2, 0) is 0 Å². The molecule has 1 heterocycles. The van der Waals surface area contributed by atoms with Gasteiger partial charge in [0, 0.05) is 6.42 Å². The second kappa shape index (κ2) is 4.54. The first-order chi connectivity index (χ1) is 6.22. The number of hydrogen-bond donors (Lipinski definition) is 1. The molecule has 0 spiro atoms. The van der Waals surface area contributed by atoms with Crippen LogP contribution in [0.1, 0.15) is 25.6 Å². The molecule has 0 aliphatic rings. The molecule has 13 heavy (non-hydrogen) atoms. The predicted molar refractivity (Wildman–Crippen MR) is 53.0 cm³/mol. The Morgan fingerprint density at radius 1 is 1.46 bits per heavy atom. The molecule has 0 atom stereocenters. The first-order valence-electron chi connectivity index (χ1n) is 4.34. The number of aliphatic imine (C=N–C) groups is 1. The van der Waals surface area contributed by atoms with E-state index in [2.05, 4.69) is 21.9 Å². The quantitative estimate of drug-likeness (QED) is 0.564. The van der Waals surface area contributed by atoms with Crippen molar-refractivity contribution in [3.8, 4) is 0 Å². The summed E-state index contributed by atoms with van der Waals surface area (Å²) in [6.07, 6.45) is 5.16. The van der Waals surface area contributed by atoms with Gasteiger partial charge in [0.05, 0.1) is 18.2 Å². The Morgan fingerprint density at radius 3 is 2.62 bits per heavy atom. The lowest BCUT2D eigenvalue weighted by molar-refractivity contribution is 0.980. The summed E-state index contributed by atoms with van der Waals surface area (Å²) in [6, 6.07) is 0. The molecule has 2 N–H and O–H groups in total. The number of hydrogen-bond acceptors (Lipinski definition) is 3. The summed E-state index contributed by atoms with van der Waals surface area (Å²) in [6.45, 7) is 3.90. The average molecular weight is 178 g/mol. The molecular weight excluding hydrogens is 164 g/mol. The van der Waals surface area contributed by atoms with Crippen LogP contribution in [0, 0.1) is 6.92 Å². The molecular formula is C9H14N4. The minimum atomic E-state index is 0.634. The largest absolute Gasteiger partial charge is 0.387 e. The summed E-state index contributed by atoms with van der Waals surface area (Å²) in [7, 11) is 0. The highest BCUT2D eigenvalue weighted by Gasteiger charge is 1.93. The maximum atomic E-state index is 5.65. The van der Waals surface area contributed by atoms with Crippen molar-refractivity contribution in [2.45, 2.75) is 26.7 Å². The molecule has 0 saturated carbocycles. The molecule has 1 aromatic heterocycles. The van der Waals surface area contributed by atoms with E-state index in [1.54, 1.807) is 12.4 Å². The first-order valence-corrected chi connectivity index (χ1v) is 4.34. The standard InChI is InChI=1S/C9H14N4/c1-3-4-9(10)13-8-5-11-7(2)12-6-8/h5-6H,3-4H2,1-2H3,(H2,10,13). The maximum Gasteiger partial charge on any atom is 0.125 e. The molecule has 0 aliphatic heterocycles. The Morgan fingerprint density at radius 2 is 2.08 bits per heavy atom. The zero-order valence-electron chi connectivity index (χ0n) is 7.99. The number of aromatic nitrogens is 2. The molecule has 0 saturated heterocycles. The van der Waals surface area contributed by atoms with Gasteiger partial charge in [0.15, 0.2) is 0 Å². The smallest absolute Gasteiger partial charge is 0.125 e. The Kier molecular flexibility index (Phi) is 3.37. The van der Waals surface area contributed by atoms with E-state index in [0.717, 1.165) is 24.4 Å². The number of amidine groups is 1. The van der Waals surface area contributed by atoms with Crippen molar-refractivity contribution in [3.63, 3.8) is 0 Å². The fourth-order valence-electron chi connectivity index (χ4n) is 0.921. The molecule has 0 bridgehead atoms. The van der Waals surface area contributed by atoms with Gasteiger partial charge in [-0.3, -0.25) is 0 Å². The van der Waals surface area contributed by atoms with Gasteiger partial charge in [0.25, 0.3) is 0 Å². The van der Waals surface area contributed by atoms with Crippen LogP contribution in [0.2, 0.25) is 0 Å². The third kappa shape index (κ3) is 3.19. The summed E-state index contributed by atoms with van der Waals surface area (Å²) < 4.78 is 0. The van der Waals surface area contributed by atoms with Crippen molar-refractivity contribution in [2.24, 2.45) is 10.7 Å². The van der Waals surface area contributed by atoms with Crippen LogP contribution in [-0.4, -0.2) is 15.8 Å². The van der Waals surface area contributed by atoms with Gasteiger partial charge in [0.2, 0.25) is 0 Å². The summed E-state index contributed by atoms with van der Waals surface area (Å²) >= 11 is 0. The Bertz CT molecular complexity index is 289. The van der Waals surface area contributed by atoms with Crippen molar-refractivity contribution in [1.82, 2.24) is 9.97 Å². The third-order valence-electron chi connectivity index (χ3n) is 1.55. The topological polar surface area (TPSA) is 64.2 Å². The van der Waals surface area contributed by atoms with Crippen molar-refractivity contribution in [2.75, 3.05) is 0 Å². The van der Waals surface area contributed by atoms with E-state index < -0.39 is 0 Å². The van der Waals surface area contributed by atoms with Gasteiger partial charge in [-0.1, -0.05) is 6.92 Å². The lowest BCUT2D eigenvalue weighted by Gasteiger charge is -1.97. The molecule has 4 heteroatoms. The second-order valence-corrected chi connectivity index (χ2v) is 2.84. The Balaban J connectivity index is 2.73. The van der Waals surface area contributed by atoms with Crippen LogP contribution in [0.15, 0.2) is 17.4 Å². The highest BCUT2D eigenvalue weighted by Crippen LogP contribution is 2.07. The van der Waals surface area contributed by atoms with Crippen molar-refractivity contribution >= 4 is 11.5 Å². The second-order valence-electron chi connectivity index (χ2n) is 2.84. The molecule has 0 amide bonds. The number of rotatable bonds is 3. The van der Waals surface area contributed by atoms with E-state index >= 15 is 0 Å². The molecule has 1 aromatic rings. The monoisotopic (exact) mass is 178 g/mol. The van der Waals surface area contributed by atoms with E-state index in [1.807, 2.05) is 6.92 Å². The molecule has 1 rings (SSSR count). The van der Waals surface area contributed by atoms with Gasteiger partial charge in [-0.25, -0.2) is 15.0 Å². The van der Waals surface area contributed by atoms with E-state index in [1.165, 1.54) is 0 Å². The third-order valence-corrected chi connectivity index (χ3v) is 1.55. The van der Waals surface area contributed by atoms with Crippen molar-refractivity contribution in [3.05, 3.63) is 18.2 Å². The van der Waals surface area contributed by atoms with Crippen LogP contribution < -0.4 is 5.73 Å². The van der Waals surface area contributed by atoms with E-state index in [4.69, 9.17) is 5.73 Å². The van der Waals surface area contributed by atoms with E-state index in [9.17, 15) is 0 Å². The molecule has 0 radical (unpaired) electrons. The van der Waals surface area contributed by atoms with Crippen molar-refractivity contribution in [1.29, 1.82) is 0 Å². The van der Waals surface area contributed by atoms with Gasteiger partial charge in [0.1, 0.15) is 11.5 Å². The summed E-state index contributed by atoms with van der Waals surface area (Å²) in [5.41, 5.74) is 6.37. The van der Waals surface area contributed by atoms with Gasteiger partial charge >= 0.3 is 0 Å². The van der Waals surface area contributed by atoms with Gasteiger partial charge in [-0.2, -0.15) is 0 Å². The summed E-state index contributed by atoms with van der Waals surface area (Å²) in [4.78, 5) is 12.2. The van der Waals surface area contributed by atoms with Crippen LogP contribution in [0.25, 0.3) is 0 Å². The molecule has 4 nitrogen and oxygen atoms in total.